The van der Waals surface area contributed by atoms with E-state index >= 15 is 0 Å². The van der Waals surface area contributed by atoms with Crippen molar-refractivity contribution in [1.29, 1.82) is 0 Å². The summed E-state index contributed by atoms with van der Waals surface area (Å²) < 4.78 is 2.47. The number of aromatic nitrogens is 1. The van der Waals surface area contributed by atoms with Gasteiger partial charge in [0.2, 0.25) is 0 Å². The lowest BCUT2D eigenvalue weighted by Gasteiger charge is -2.34. The highest BCUT2D eigenvalue weighted by molar-refractivity contribution is 6.67. The van der Waals surface area contributed by atoms with Crippen LogP contribution in [0.5, 0.6) is 0 Å². The number of amidine groups is 1. The van der Waals surface area contributed by atoms with E-state index in [0.29, 0.717) is 15.4 Å². The van der Waals surface area contributed by atoms with E-state index in [1.165, 1.54) is 65.6 Å². The number of para-hydroxylation sites is 1. The van der Waals surface area contributed by atoms with Crippen molar-refractivity contribution in [3.05, 3.63) is 257 Å². The molecule has 0 bridgehead atoms. The second-order valence-electron chi connectivity index (χ2n) is 16.9. The number of nitrogens with zero attached hydrogens (tertiary/aromatic N) is 3. The molecule has 5 heteroatoms. The van der Waals surface area contributed by atoms with Gasteiger partial charge in [-0.2, -0.15) is 0 Å². The maximum Gasteiger partial charge on any atom is 0.167 e. The SMILES string of the molecule is CC1CC=C(n2c3ccccc3c3cc4c(cc32)C(c2ccccc2)(c2ccccc2)c2ccccc2-4)C=C1C=NC(N=C(N)c1cccc([Si]c2ccccc2)c1)c1ccccc1. The van der Waals surface area contributed by atoms with Crippen molar-refractivity contribution in [2.24, 2.45) is 21.6 Å². The molecule has 0 fully saturated rings. The molecule has 64 heavy (non-hydrogen) atoms. The summed E-state index contributed by atoms with van der Waals surface area (Å²) in [5.41, 5.74) is 20.6. The average molecular weight is 839 g/mol. The van der Waals surface area contributed by atoms with Gasteiger partial charge in [-0.25, -0.2) is 4.99 Å². The summed E-state index contributed by atoms with van der Waals surface area (Å²) in [5, 5.41) is 4.98. The summed E-state index contributed by atoms with van der Waals surface area (Å²) in [7, 11) is 0.532. The van der Waals surface area contributed by atoms with Crippen LogP contribution >= 0.6 is 0 Å². The minimum absolute atomic E-state index is 0.261. The molecule has 2 radical (unpaired) electrons. The second-order valence-corrected chi connectivity index (χ2v) is 18.3. The van der Waals surface area contributed by atoms with Gasteiger partial charge in [0.15, 0.2) is 6.17 Å². The third kappa shape index (κ3) is 6.86. The number of hydrogen-bond acceptors (Lipinski definition) is 2. The Morgan fingerprint density at radius 1 is 0.625 bits per heavy atom. The smallest absolute Gasteiger partial charge is 0.167 e. The number of nitrogens with two attached hydrogens (primary N) is 1. The minimum atomic E-state index is -0.509. The van der Waals surface area contributed by atoms with Crippen LogP contribution < -0.4 is 16.1 Å². The van der Waals surface area contributed by atoms with Crippen LogP contribution in [0, 0.1) is 5.92 Å². The van der Waals surface area contributed by atoms with Crippen LogP contribution in [0.25, 0.3) is 38.6 Å². The number of allylic oxidation sites excluding steroid dienone is 4. The summed E-state index contributed by atoms with van der Waals surface area (Å²) in [6, 6.07) is 74.1. The normalized spacial score (nSPS) is 16.1. The fraction of sp³-hybridized carbons (Fsp3) is 0.0847. The molecular weight excluding hydrogens is 793 g/mol. The number of hydrogen-bond donors (Lipinski definition) is 1. The van der Waals surface area contributed by atoms with E-state index in [0.717, 1.165) is 28.8 Å². The van der Waals surface area contributed by atoms with Gasteiger partial charge in [-0.05, 0) is 81.1 Å². The van der Waals surface area contributed by atoms with Gasteiger partial charge < -0.3 is 10.3 Å². The lowest BCUT2D eigenvalue weighted by molar-refractivity contribution is 0.709. The Morgan fingerprint density at radius 2 is 1.27 bits per heavy atom. The molecule has 306 valence electrons. The van der Waals surface area contributed by atoms with Crippen LogP contribution in [0.2, 0.25) is 0 Å². The number of rotatable bonds is 10. The van der Waals surface area contributed by atoms with Crippen LogP contribution in [0.1, 0.15) is 52.9 Å². The Bertz CT molecular complexity index is 3250. The van der Waals surface area contributed by atoms with Gasteiger partial charge >= 0.3 is 0 Å². The van der Waals surface area contributed by atoms with Gasteiger partial charge in [0, 0.05) is 28.2 Å². The molecule has 0 saturated carbocycles. The number of aliphatic imine (C=N–C) groups is 2. The molecule has 0 saturated heterocycles. The summed E-state index contributed by atoms with van der Waals surface area (Å²) >= 11 is 0. The van der Waals surface area contributed by atoms with Crippen molar-refractivity contribution in [2.45, 2.75) is 24.9 Å². The molecule has 2 aliphatic carbocycles. The first kappa shape index (κ1) is 39.3. The Kier molecular flexibility index (Phi) is 10.2. The van der Waals surface area contributed by atoms with Crippen LogP contribution in [0.3, 0.4) is 0 Å². The number of benzene rings is 8. The van der Waals surface area contributed by atoms with E-state index < -0.39 is 11.6 Å². The zero-order valence-corrected chi connectivity index (χ0v) is 36.6. The minimum Gasteiger partial charge on any atom is -0.383 e. The van der Waals surface area contributed by atoms with Crippen LogP contribution in [0.15, 0.2) is 234 Å². The molecule has 2 unspecified atom stereocenters. The zero-order valence-electron chi connectivity index (χ0n) is 35.6. The van der Waals surface area contributed by atoms with E-state index in [1.54, 1.807) is 0 Å². The first-order valence-electron chi connectivity index (χ1n) is 22.1. The third-order valence-corrected chi connectivity index (χ3v) is 14.2. The molecule has 2 atom stereocenters. The van der Waals surface area contributed by atoms with E-state index in [9.17, 15) is 0 Å². The number of fused-ring (bicyclic) bond motifs is 6. The Labute approximate surface area is 377 Å². The largest absolute Gasteiger partial charge is 0.383 e. The van der Waals surface area contributed by atoms with Gasteiger partial charge in [-0.3, -0.25) is 4.99 Å². The Hall–Kier alpha value is -7.60. The fourth-order valence-corrected chi connectivity index (χ4v) is 11.0. The van der Waals surface area contributed by atoms with E-state index in [-0.39, 0.29) is 5.92 Å². The molecule has 11 rings (SSSR count). The Balaban J connectivity index is 1.03. The molecule has 4 nitrogen and oxygen atoms in total. The molecule has 1 aromatic heterocycles. The summed E-state index contributed by atoms with van der Waals surface area (Å²) in [6.07, 6.45) is 7.13. The first-order valence-corrected chi connectivity index (χ1v) is 23.1. The highest BCUT2D eigenvalue weighted by Gasteiger charge is 2.46. The van der Waals surface area contributed by atoms with Crippen LogP contribution in [0.4, 0.5) is 0 Å². The monoisotopic (exact) mass is 838 g/mol. The van der Waals surface area contributed by atoms with Crippen molar-refractivity contribution in [3.8, 4) is 11.1 Å². The predicted molar refractivity (Wildman–Crippen MR) is 269 cm³/mol. The maximum atomic E-state index is 6.84. The van der Waals surface area contributed by atoms with Crippen molar-refractivity contribution in [2.75, 3.05) is 0 Å². The zero-order chi connectivity index (χ0) is 43.0. The standard InChI is InChI=1S/C59H46N4Si/c1-40-33-34-46(35-43(40)39-61-58(41-19-6-2-7-20-41)62-57(60)42-21-18-28-48(36-42)64-47-26-12-5-13-27-47)63-55-32-17-15-30-50(55)52-37-51-49-29-14-16-31-53(49)59(54(51)38-56(52)63,44-22-8-3-9-23-44)45-24-10-4-11-25-45/h2-32,34-40,58H,33H2,1H3,(H2,60,62). The molecule has 2 aliphatic rings. The van der Waals surface area contributed by atoms with Crippen molar-refractivity contribution in [3.63, 3.8) is 0 Å². The van der Waals surface area contributed by atoms with Crippen molar-refractivity contribution < 1.29 is 0 Å². The molecule has 1 heterocycles. The van der Waals surface area contributed by atoms with Gasteiger partial charge in [0.1, 0.15) is 15.4 Å². The van der Waals surface area contributed by atoms with Gasteiger partial charge in [0.25, 0.3) is 0 Å². The third-order valence-electron chi connectivity index (χ3n) is 13.0. The maximum absolute atomic E-state index is 6.84. The summed E-state index contributed by atoms with van der Waals surface area (Å²) in [6.45, 7) is 2.28. The van der Waals surface area contributed by atoms with Crippen molar-refractivity contribution >= 4 is 59.4 Å². The summed E-state index contributed by atoms with van der Waals surface area (Å²) in [4.78, 5) is 10.3. The Morgan fingerprint density at radius 3 is 2.02 bits per heavy atom. The second kappa shape index (κ2) is 16.6. The average Bonchev–Trinajstić information content (AvgIpc) is 3.83. The summed E-state index contributed by atoms with van der Waals surface area (Å²) in [5.74, 6) is 0.732. The molecule has 0 spiro atoms. The topological polar surface area (TPSA) is 55.7 Å². The lowest BCUT2D eigenvalue weighted by atomic mass is 9.67. The molecule has 0 amide bonds. The molecule has 8 aromatic carbocycles. The fourth-order valence-electron chi connectivity index (χ4n) is 9.93. The predicted octanol–water partition coefficient (Wildman–Crippen LogP) is 11.8. The van der Waals surface area contributed by atoms with E-state index in [4.69, 9.17) is 15.7 Å². The quantitative estimate of drug-likeness (QED) is 0.0832. The molecule has 9 aromatic rings. The van der Waals surface area contributed by atoms with E-state index in [1.807, 2.05) is 30.5 Å². The van der Waals surface area contributed by atoms with Crippen LogP contribution in [-0.2, 0) is 5.41 Å². The van der Waals surface area contributed by atoms with Gasteiger partial charge in [-0.1, -0.05) is 211 Å². The van der Waals surface area contributed by atoms with Crippen LogP contribution in [-0.4, -0.2) is 26.1 Å². The van der Waals surface area contributed by atoms with E-state index in [2.05, 4.69) is 206 Å². The highest BCUT2D eigenvalue weighted by atomic mass is 28.2. The van der Waals surface area contributed by atoms with Crippen molar-refractivity contribution in [1.82, 2.24) is 4.57 Å². The highest BCUT2D eigenvalue weighted by Crippen LogP contribution is 2.57. The molecule has 0 aliphatic heterocycles. The molecular formula is C59H46N4Si. The molecule has 2 N–H and O–H groups in total. The first-order chi connectivity index (χ1) is 31.6. The lowest BCUT2D eigenvalue weighted by Crippen LogP contribution is -2.28. The van der Waals surface area contributed by atoms with Gasteiger partial charge in [-0.15, -0.1) is 0 Å². The van der Waals surface area contributed by atoms with Gasteiger partial charge in [0.05, 0.1) is 16.4 Å².